The van der Waals surface area contributed by atoms with Gasteiger partial charge < -0.3 is 15.0 Å². The number of nitrogens with zero attached hydrogens (tertiary/aromatic N) is 1. The molecule has 0 saturated heterocycles. The van der Waals surface area contributed by atoms with Crippen molar-refractivity contribution in [1.29, 1.82) is 0 Å². The van der Waals surface area contributed by atoms with Crippen LogP contribution < -0.4 is 5.32 Å². The number of allylic oxidation sites excluding steroid dienone is 8. The number of terminal acetylenes is 1. The number of H-pyrrole nitrogens is 1. The highest BCUT2D eigenvalue weighted by atomic mass is 16.5. The second-order valence-corrected chi connectivity index (χ2v) is 7.57. The average Bonchev–Trinajstić information content (AvgIpc) is 3.60. The van der Waals surface area contributed by atoms with Crippen LogP contribution in [0.25, 0.3) is 11.1 Å². The van der Waals surface area contributed by atoms with E-state index in [4.69, 9.17) is 11.2 Å². The van der Waals surface area contributed by atoms with Gasteiger partial charge in [-0.3, -0.25) is 4.79 Å². The third-order valence-corrected chi connectivity index (χ3v) is 5.55. The topological polar surface area (TPSA) is 84.1 Å². The number of aromatic amines is 1. The number of amides is 1. The number of rotatable bonds is 7. The molecule has 0 saturated carbocycles. The van der Waals surface area contributed by atoms with E-state index in [1.54, 1.807) is 18.3 Å². The normalized spacial score (nSPS) is 15.1. The summed E-state index contributed by atoms with van der Waals surface area (Å²) in [7, 11) is 1.30. The Labute approximate surface area is 186 Å². The molecule has 4 rings (SSSR count). The van der Waals surface area contributed by atoms with Crippen molar-refractivity contribution in [2.75, 3.05) is 7.11 Å². The fourth-order valence-electron chi connectivity index (χ4n) is 3.92. The van der Waals surface area contributed by atoms with E-state index < -0.39 is 12.0 Å². The quantitative estimate of drug-likeness (QED) is 0.525. The third kappa shape index (κ3) is 4.33. The minimum atomic E-state index is -0.855. The van der Waals surface area contributed by atoms with E-state index in [1.807, 2.05) is 24.3 Å². The van der Waals surface area contributed by atoms with Crippen LogP contribution in [0.2, 0.25) is 0 Å². The molecule has 2 aliphatic rings. The zero-order chi connectivity index (χ0) is 22.5. The van der Waals surface area contributed by atoms with Gasteiger partial charge >= 0.3 is 5.97 Å². The largest absolute Gasteiger partial charge is 0.467 e. The first-order valence-electron chi connectivity index (χ1n) is 10.3. The van der Waals surface area contributed by atoms with E-state index >= 15 is 0 Å². The lowest BCUT2D eigenvalue weighted by Crippen LogP contribution is -2.43. The van der Waals surface area contributed by atoms with Crippen LogP contribution >= 0.6 is 0 Å². The molecule has 1 heterocycles. The molecule has 0 radical (unpaired) electrons. The summed E-state index contributed by atoms with van der Waals surface area (Å²) >= 11 is 0. The minimum Gasteiger partial charge on any atom is -0.467 e. The van der Waals surface area contributed by atoms with Crippen LogP contribution in [0.5, 0.6) is 0 Å². The van der Waals surface area contributed by atoms with Gasteiger partial charge in [0.05, 0.1) is 13.4 Å². The summed E-state index contributed by atoms with van der Waals surface area (Å²) in [5, 5.41) is 2.81. The maximum Gasteiger partial charge on any atom is 0.328 e. The van der Waals surface area contributed by atoms with Crippen molar-refractivity contribution in [3.63, 3.8) is 0 Å². The summed E-state index contributed by atoms with van der Waals surface area (Å²) in [6.45, 7) is 0. The summed E-state index contributed by atoms with van der Waals surface area (Å²) in [4.78, 5) is 32.5. The maximum absolute atomic E-state index is 13.3. The summed E-state index contributed by atoms with van der Waals surface area (Å²) in [6, 6.07) is 2.76. The highest BCUT2D eigenvalue weighted by Gasteiger charge is 2.25. The lowest BCUT2D eigenvalue weighted by molar-refractivity contribution is -0.142. The van der Waals surface area contributed by atoms with Crippen molar-refractivity contribution >= 4 is 23.0 Å². The zero-order valence-electron chi connectivity index (χ0n) is 17.7. The molecule has 1 amide bonds. The van der Waals surface area contributed by atoms with E-state index in [0.717, 1.165) is 40.7 Å². The van der Waals surface area contributed by atoms with Crippen molar-refractivity contribution in [1.82, 2.24) is 15.3 Å². The molecule has 1 aromatic heterocycles. The van der Waals surface area contributed by atoms with Gasteiger partial charge in [-0.15, -0.1) is 6.42 Å². The van der Waals surface area contributed by atoms with Gasteiger partial charge in [0.15, 0.2) is 0 Å². The second-order valence-electron chi connectivity index (χ2n) is 7.57. The fourth-order valence-corrected chi connectivity index (χ4v) is 3.92. The summed E-state index contributed by atoms with van der Waals surface area (Å²) < 4.78 is 4.90. The molecule has 6 heteroatoms. The van der Waals surface area contributed by atoms with Crippen molar-refractivity contribution < 1.29 is 14.3 Å². The Hall–Kier alpha value is -4.11. The molecule has 2 aliphatic carbocycles. The standard InChI is InChI=1S/C26H23N3O3/c1-3-21-22(17-8-4-5-9-17)12-19(13-23(21)18-10-6-7-11-18)25(30)29-24(26(31)32-2)14-20-15-27-16-28-20/h1,4-8,10,12-13,15-16,24H,9,11,14H2,2H3,(H,27,28)(H,29,30)/t24-/m1/s1. The first-order valence-corrected chi connectivity index (χ1v) is 10.3. The highest BCUT2D eigenvalue weighted by Crippen LogP contribution is 2.34. The van der Waals surface area contributed by atoms with E-state index in [-0.39, 0.29) is 12.3 Å². The van der Waals surface area contributed by atoms with Crippen molar-refractivity contribution in [2.24, 2.45) is 0 Å². The predicted octanol–water partition coefficient (Wildman–Crippen LogP) is 3.59. The molecule has 32 heavy (non-hydrogen) atoms. The first-order chi connectivity index (χ1) is 15.6. The number of hydrogen-bond acceptors (Lipinski definition) is 4. The summed E-state index contributed by atoms with van der Waals surface area (Å²) in [5.41, 5.74) is 5.76. The van der Waals surface area contributed by atoms with Crippen LogP contribution in [0, 0.1) is 12.3 Å². The number of esters is 1. The monoisotopic (exact) mass is 425 g/mol. The molecule has 6 nitrogen and oxygen atoms in total. The van der Waals surface area contributed by atoms with Crippen molar-refractivity contribution in [3.8, 4) is 12.3 Å². The van der Waals surface area contributed by atoms with E-state index in [2.05, 4.69) is 33.4 Å². The van der Waals surface area contributed by atoms with Gasteiger partial charge in [0.25, 0.3) is 5.91 Å². The Balaban J connectivity index is 1.70. The molecule has 0 bridgehead atoms. The molecule has 2 aromatic rings. The number of aromatic nitrogens is 2. The van der Waals surface area contributed by atoms with Crippen LogP contribution in [0.1, 0.15) is 45.6 Å². The van der Waals surface area contributed by atoms with Gasteiger partial charge in [0.1, 0.15) is 6.04 Å². The van der Waals surface area contributed by atoms with Gasteiger partial charge in [-0.1, -0.05) is 42.4 Å². The molecule has 160 valence electrons. The molecular formula is C26H23N3O3. The Kier molecular flexibility index (Phi) is 6.18. The summed E-state index contributed by atoms with van der Waals surface area (Å²) in [6.07, 6.45) is 22.9. The first kappa shape index (κ1) is 21.1. The van der Waals surface area contributed by atoms with E-state index in [9.17, 15) is 9.59 Å². The number of carbonyl (C=O) groups is 2. The number of benzene rings is 1. The van der Waals surface area contributed by atoms with Crippen molar-refractivity contribution in [3.05, 3.63) is 89.1 Å². The van der Waals surface area contributed by atoms with E-state index in [1.165, 1.54) is 13.4 Å². The van der Waals surface area contributed by atoms with Gasteiger partial charge in [-0.25, -0.2) is 9.78 Å². The molecule has 0 unspecified atom stereocenters. The van der Waals surface area contributed by atoms with Crippen LogP contribution in [0.3, 0.4) is 0 Å². The SMILES string of the molecule is C#Cc1c(C2=CC=CC2)cc(C(=O)N[C@H](Cc2cnc[nH]2)C(=O)OC)cc1C1=CC=CC1. The van der Waals surface area contributed by atoms with Gasteiger partial charge in [-0.05, 0) is 47.2 Å². The van der Waals surface area contributed by atoms with E-state index in [0.29, 0.717) is 11.3 Å². The average molecular weight is 425 g/mol. The molecule has 2 N–H and O–H groups in total. The van der Waals surface area contributed by atoms with Crippen LogP contribution in [0.4, 0.5) is 0 Å². The Bertz CT molecular complexity index is 1160. The predicted molar refractivity (Wildman–Crippen MR) is 123 cm³/mol. The highest BCUT2D eigenvalue weighted by molar-refractivity contribution is 5.99. The van der Waals surface area contributed by atoms with Crippen LogP contribution in [-0.2, 0) is 16.0 Å². The Morgan fingerprint density at radius 3 is 2.31 bits per heavy atom. The fraction of sp³-hybridized carbons (Fsp3) is 0.192. The number of ether oxygens (including phenoxy) is 1. The minimum absolute atomic E-state index is 0.241. The zero-order valence-corrected chi connectivity index (χ0v) is 17.7. The Morgan fingerprint density at radius 1 is 1.19 bits per heavy atom. The summed E-state index contributed by atoms with van der Waals surface area (Å²) in [5.74, 6) is 1.93. The number of nitrogens with one attached hydrogen (secondary N) is 2. The maximum atomic E-state index is 13.3. The Morgan fingerprint density at radius 2 is 1.84 bits per heavy atom. The molecule has 0 spiro atoms. The van der Waals surface area contributed by atoms with Gasteiger partial charge in [0, 0.05) is 29.4 Å². The molecule has 0 fully saturated rings. The smallest absolute Gasteiger partial charge is 0.328 e. The number of imidazole rings is 1. The molecule has 1 aromatic carbocycles. The molecule has 1 atom stereocenters. The van der Waals surface area contributed by atoms with Crippen molar-refractivity contribution in [2.45, 2.75) is 25.3 Å². The number of carbonyl (C=O) groups excluding carboxylic acids is 2. The van der Waals surface area contributed by atoms with Gasteiger partial charge in [0.2, 0.25) is 0 Å². The van der Waals surface area contributed by atoms with Gasteiger partial charge in [-0.2, -0.15) is 0 Å². The molecule has 0 aliphatic heterocycles. The third-order valence-electron chi connectivity index (χ3n) is 5.55. The second kappa shape index (κ2) is 9.36. The lowest BCUT2D eigenvalue weighted by atomic mass is 9.88. The van der Waals surface area contributed by atoms with Crippen LogP contribution in [-0.4, -0.2) is 35.0 Å². The molecular weight excluding hydrogens is 402 g/mol. The number of hydrogen-bond donors (Lipinski definition) is 2. The van der Waals surface area contributed by atoms with Crippen LogP contribution in [0.15, 0.2) is 61.1 Å². The number of methoxy groups -OCH3 is 1. The lowest BCUT2D eigenvalue weighted by Gasteiger charge is -2.18.